The Hall–Kier alpha value is -1.07. The summed E-state index contributed by atoms with van der Waals surface area (Å²) in [6, 6.07) is 8.67. The molecule has 0 bridgehead atoms. The first-order valence-electron chi connectivity index (χ1n) is 5.49. The van der Waals surface area contributed by atoms with Gasteiger partial charge in [0, 0.05) is 6.54 Å². The highest BCUT2D eigenvalue weighted by Crippen LogP contribution is 2.48. The molecule has 2 N–H and O–H groups in total. The maximum Gasteiger partial charge on any atom is 0.406 e. The monoisotopic (exact) mass is 245 g/mol. The van der Waals surface area contributed by atoms with Gasteiger partial charge >= 0.3 is 6.18 Å². The molecule has 1 aromatic rings. The van der Waals surface area contributed by atoms with Gasteiger partial charge in [-0.3, -0.25) is 0 Å². The number of β-amino-alcohol motifs (C(OH)–C–C–N with tert-alkyl or cyclic N) is 1. The van der Waals surface area contributed by atoms with E-state index in [0.29, 0.717) is 5.56 Å². The fourth-order valence-electron chi connectivity index (χ4n) is 1.77. The molecule has 0 aromatic heterocycles. The van der Waals surface area contributed by atoms with Crippen molar-refractivity contribution in [2.24, 2.45) is 0 Å². The van der Waals surface area contributed by atoms with Crippen molar-refractivity contribution in [1.29, 1.82) is 0 Å². The molecule has 1 fully saturated rings. The molecule has 1 aliphatic rings. The molecule has 2 nitrogen and oxygen atoms in total. The third-order valence-electron chi connectivity index (χ3n) is 3.11. The highest BCUT2D eigenvalue weighted by molar-refractivity contribution is 5.18. The molecule has 0 aliphatic heterocycles. The minimum Gasteiger partial charge on any atom is -0.387 e. The number of aliphatic hydroxyl groups excluding tert-OH is 1. The van der Waals surface area contributed by atoms with Crippen molar-refractivity contribution in [1.82, 2.24) is 5.32 Å². The zero-order chi connectivity index (χ0) is 12.5. The number of hydrogen-bond donors (Lipinski definition) is 2. The van der Waals surface area contributed by atoms with Gasteiger partial charge in [0.25, 0.3) is 0 Å². The van der Waals surface area contributed by atoms with Crippen LogP contribution in [-0.4, -0.2) is 23.4 Å². The number of alkyl halides is 3. The predicted molar refractivity (Wildman–Crippen MR) is 57.4 cm³/mol. The van der Waals surface area contributed by atoms with Crippen molar-refractivity contribution in [2.75, 3.05) is 6.54 Å². The molecule has 0 spiro atoms. The van der Waals surface area contributed by atoms with Gasteiger partial charge in [-0.25, -0.2) is 0 Å². The van der Waals surface area contributed by atoms with Crippen LogP contribution in [0.3, 0.4) is 0 Å². The second-order valence-corrected chi connectivity index (χ2v) is 4.39. The van der Waals surface area contributed by atoms with Gasteiger partial charge in [-0.05, 0) is 18.4 Å². The summed E-state index contributed by atoms with van der Waals surface area (Å²) in [6.45, 7) is -0.0798. The number of nitrogens with one attached hydrogen (secondary N) is 1. The van der Waals surface area contributed by atoms with Gasteiger partial charge in [-0.2, -0.15) is 13.2 Å². The number of aliphatic hydroxyl groups is 1. The molecule has 94 valence electrons. The van der Waals surface area contributed by atoms with E-state index >= 15 is 0 Å². The summed E-state index contributed by atoms with van der Waals surface area (Å²) in [4.78, 5) is 0. The van der Waals surface area contributed by atoms with Gasteiger partial charge in [0.15, 0.2) is 0 Å². The number of halogens is 3. The van der Waals surface area contributed by atoms with Crippen molar-refractivity contribution < 1.29 is 18.3 Å². The second kappa shape index (κ2) is 4.31. The summed E-state index contributed by atoms with van der Waals surface area (Å²) >= 11 is 0. The van der Waals surface area contributed by atoms with Gasteiger partial charge in [0.1, 0.15) is 5.54 Å². The SMILES string of the molecule is OC(CNC1(C(F)(F)F)CC1)c1ccccc1. The molecule has 0 amide bonds. The van der Waals surface area contributed by atoms with Crippen LogP contribution in [0.4, 0.5) is 13.2 Å². The lowest BCUT2D eigenvalue weighted by molar-refractivity contribution is -0.166. The molecule has 1 atom stereocenters. The Morgan fingerprint density at radius 3 is 2.29 bits per heavy atom. The maximum absolute atomic E-state index is 12.6. The lowest BCUT2D eigenvalue weighted by Crippen LogP contribution is -2.46. The molecule has 1 aliphatic carbocycles. The number of hydrogen-bond acceptors (Lipinski definition) is 2. The van der Waals surface area contributed by atoms with Crippen LogP contribution in [0, 0.1) is 0 Å². The molecule has 17 heavy (non-hydrogen) atoms. The normalized spacial score (nSPS) is 20.0. The van der Waals surface area contributed by atoms with Crippen molar-refractivity contribution in [3.8, 4) is 0 Å². The highest BCUT2D eigenvalue weighted by Gasteiger charge is 2.63. The smallest absolute Gasteiger partial charge is 0.387 e. The lowest BCUT2D eigenvalue weighted by atomic mass is 10.1. The largest absolute Gasteiger partial charge is 0.406 e. The fraction of sp³-hybridized carbons (Fsp3) is 0.500. The molecule has 0 radical (unpaired) electrons. The topological polar surface area (TPSA) is 32.3 Å². The Kier molecular flexibility index (Phi) is 3.14. The summed E-state index contributed by atoms with van der Waals surface area (Å²) in [5.41, 5.74) is -1.14. The first kappa shape index (κ1) is 12.4. The van der Waals surface area contributed by atoms with E-state index in [1.807, 2.05) is 0 Å². The van der Waals surface area contributed by atoms with Gasteiger partial charge in [-0.15, -0.1) is 0 Å². The van der Waals surface area contributed by atoms with E-state index in [1.165, 1.54) is 0 Å². The maximum atomic E-state index is 12.6. The number of benzene rings is 1. The molecule has 0 heterocycles. The van der Waals surface area contributed by atoms with Crippen LogP contribution in [0.15, 0.2) is 30.3 Å². The minimum atomic E-state index is -4.23. The first-order chi connectivity index (χ1) is 7.95. The van der Waals surface area contributed by atoms with Crippen molar-refractivity contribution in [3.63, 3.8) is 0 Å². The average molecular weight is 245 g/mol. The summed E-state index contributed by atoms with van der Waals surface area (Å²) in [5, 5.41) is 12.2. The van der Waals surface area contributed by atoms with E-state index in [-0.39, 0.29) is 19.4 Å². The summed E-state index contributed by atoms with van der Waals surface area (Å²) in [6.07, 6.45) is -4.95. The molecular formula is C12H14F3NO. The van der Waals surface area contributed by atoms with Gasteiger partial charge in [-0.1, -0.05) is 30.3 Å². The van der Waals surface area contributed by atoms with Crippen LogP contribution in [0.1, 0.15) is 24.5 Å². The van der Waals surface area contributed by atoms with E-state index in [9.17, 15) is 18.3 Å². The Morgan fingerprint density at radius 1 is 1.24 bits per heavy atom. The van der Waals surface area contributed by atoms with Gasteiger partial charge in [0.2, 0.25) is 0 Å². The van der Waals surface area contributed by atoms with E-state index in [4.69, 9.17) is 0 Å². The molecule has 2 rings (SSSR count). The van der Waals surface area contributed by atoms with Crippen molar-refractivity contribution in [2.45, 2.75) is 30.7 Å². The van der Waals surface area contributed by atoms with Crippen molar-refractivity contribution in [3.05, 3.63) is 35.9 Å². The molecule has 1 aromatic carbocycles. The van der Waals surface area contributed by atoms with Gasteiger partial charge in [0.05, 0.1) is 6.10 Å². The quantitative estimate of drug-likeness (QED) is 0.853. The molecular weight excluding hydrogens is 231 g/mol. The zero-order valence-corrected chi connectivity index (χ0v) is 9.17. The number of rotatable bonds is 4. The lowest BCUT2D eigenvalue weighted by Gasteiger charge is -2.22. The first-order valence-corrected chi connectivity index (χ1v) is 5.49. The Morgan fingerprint density at radius 2 is 1.82 bits per heavy atom. The van der Waals surface area contributed by atoms with Crippen LogP contribution in [0.5, 0.6) is 0 Å². The highest BCUT2D eigenvalue weighted by atomic mass is 19.4. The van der Waals surface area contributed by atoms with Crippen LogP contribution >= 0.6 is 0 Å². The molecule has 1 saturated carbocycles. The van der Waals surface area contributed by atoms with Crippen LogP contribution in [0.25, 0.3) is 0 Å². The van der Waals surface area contributed by atoms with Crippen LogP contribution < -0.4 is 5.32 Å². The Bertz CT molecular complexity index is 373. The minimum absolute atomic E-state index is 0.0798. The Balaban J connectivity index is 1.91. The molecule has 1 unspecified atom stereocenters. The Labute approximate surface area is 97.5 Å². The van der Waals surface area contributed by atoms with Crippen molar-refractivity contribution >= 4 is 0 Å². The third kappa shape index (κ3) is 2.61. The summed E-state index contributed by atoms with van der Waals surface area (Å²) < 4.78 is 37.8. The fourth-order valence-corrected chi connectivity index (χ4v) is 1.77. The predicted octanol–water partition coefficient (Wildman–Crippen LogP) is 2.40. The third-order valence-corrected chi connectivity index (χ3v) is 3.11. The van der Waals surface area contributed by atoms with E-state index in [1.54, 1.807) is 30.3 Å². The van der Waals surface area contributed by atoms with Gasteiger partial charge < -0.3 is 10.4 Å². The average Bonchev–Trinajstić information content (AvgIpc) is 3.07. The summed E-state index contributed by atoms with van der Waals surface area (Å²) in [5.74, 6) is 0. The zero-order valence-electron chi connectivity index (χ0n) is 9.17. The molecule has 5 heteroatoms. The molecule has 0 saturated heterocycles. The second-order valence-electron chi connectivity index (χ2n) is 4.39. The van der Waals surface area contributed by atoms with Crippen LogP contribution in [-0.2, 0) is 0 Å². The summed E-state index contributed by atoms with van der Waals surface area (Å²) in [7, 11) is 0. The standard InChI is InChI=1S/C12H14F3NO/c13-12(14,15)11(6-7-11)16-8-10(17)9-4-2-1-3-5-9/h1-5,10,16-17H,6-8H2. The van der Waals surface area contributed by atoms with E-state index in [2.05, 4.69) is 5.32 Å². The van der Waals surface area contributed by atoms with Crippen LogP contribution in [0.2, 0.25) is 0 Å². The van der Waals surface area contributed by atoms with E-state index in [0.717, 1.165) is 0 Å². The van der Waals surface area contributed by atoms with E-state index < -0.39 is 17.8 Å².